The number of urea groups is 1. The molecule has 48 heavy (non-hydrogen) atoms. The average Bonchev–Trinajstić information content (AvgIpc) is 3.04. The van der Waals surface area contributed by atoms with Gasteiger partial charge in [-0.05, 0) is 73.5 Å². The van der Waals surface area contributed by atoms with Crippen LogP contribution in [0.4, 0.5) is 23.7 Å². The number of methoxy groups -OCH3 is 1. The van der Waals surface area contributed by atoms with Crippen LogP contribution in [0, 0.1) is 10.1 Å². The lowest BCUT2D eigenvalue weighted by Gasteiger charge is -2.28. The third kappa shape index (κ3) is 8.69. The number of carbonyl (C=O) groups excluding carboxylic acids is 2. The van der Waals surface area contributed by atoms with Gasteiger partial charge in [-0.3, -0.25) is 15.5 Å². The van der Waals surface area contributed by atoms with E-state index in [-0.39, 0.29) is 36.0 Å². The van der Waals surface area contributed by atoms with E-state index in [9.17, 15) is 38.0 Å². The van der Waals surface area contributed by atoms with Gasteiger partial charge >= 0.3 is 23.9 Å². The van der Waals surface area contributed by atoms with Crippen LogP contribution in [-0.4, -0.2) is 54.8 Å². The van der Waals surface area contributed by atoms with Crippen LogP contribution in [0.5, 0.6) is 23.0 Å². The summed E-state index contributed by atoms with van der Waals surface area (Å²) in [5.41, 5.74) is 2.10. The van der Waals surface area contributed by atoms with Crippen molar-refractivity contribution in [1.29, 1.82) is 0 Å². The van der Waals surface area contributed by atoms with E-state index in [1.165, 1.54) is 37.6 Å². The topological polar surface area (TPSA) is 183 Å². The van der Waals surface area contributed by atoms with E-state index < -0.39 is 46.6 Å². The number of ether oxygens (including phenoxy) is 4. The number of aliphatic hydroxyl groups is 1. The van der Waals surface area contributed by atoms with Crippen molar-refractivity contribution in [2.45, 2.75) is 32.3 Å². The summed E-state index contributed by atoms with van der Waals surface area (Å²) in [4.78, 5) is 34.9. The second-order valence-corrected chi connectivity index (χ2v) is 10.0. The van der Waals surface area contributed by atoms with Crippen molar-refractivity contribution in [3.8, 4) is 23.0 Å². The maximum absolute atomic E-state index is 13.0. The fraction of sp³-hybridized carbons (Fsp3) is 0.258. The average molecular weight is 674 g/mol. The Morgan fingerprint density at radius 2 is 1.81 bits per heavy atom. The van der Waals surface area contributed by atoms with Crippen LogP contribution in [0.3, 0.4) is 0 Å². The number of halogens is 3. The van der Waals surface area contributed by atoms with Crippen molar-refractivity contribution in [2.75, 3.05) is 20.3 Å². The van der Waals surface area contributed by atoms with E-state index in [0.29, 0.717) is 34.7 Å². The van der Waals surface area contributed by atoms with Crippen molar-refractivity contribution in [3.05, 3.63) is 98.7 Å². The minimum absolute atomic E-state index is 0.128. The highest BCUT2D eigenvalue weighted by atomic mass is 19.4. The highest BCUT2D eigenvalue weighted by Gasteiger charge is 2.34. The summed E-state index contributed by atoms with van der Waals surface area (Å²) in [7, 11) is 1.24. The van der Waals surface area contributed by atoms with Crippen molar-refractivity contribution < 1.29 is 51.7 Å². The Hall–Kier alpha value is -5.84. The number of allylic oxidation sites excluding steroid dienone is 1. The Labute approximate surface area is 271 Å². The molecule has 4 N–H and O–H groups in total. The standard InChI is InChI=1S/C31H30F3N5O9/c1-4-46-25-13-19(28-27(29(41)45-3)17(2)36-30(42)37-28)7-11-24(25)47-16-26(40)38-35-15-18-5-9-21(10-6-18)48-23-12-8-20(31(32,33)34)14-22(23)39(43)44/h5-15,26,28,38,40H,4,16H2,1-3H3,(H2,36,37,42)/b35-15-/t26-,28+/m0/s1. The molecule has 0 saturated carbocycles. The first-order valence-electron chi connectivity index (χ1n) is 14.2. The second-order valence-electron chi connectivity index (χ2n) is 10.0. The van der Waals surface area contributed by atoms with Gasteiger partial charge in [-0.2, -0.15) is 18.3 Å². The molecule has 0 aromatic heterocycles. The van der Waals surface area contributed by atoms with Crippen LogP contribution in [-0.2, 0) is 15.7 Å². The lowest BCUT2D eigenvalue weighted by molar-refractivity contribution is -0.385. The number of aliphatic hydroxyl groups excluding tert-OH is 1. The predicted octanol–water partition coefficient (Wildman–Crippen LogP) is 4.93. The van der Waals surface area contributed by atoms with Crippen LogP contribution in [0.15, 0.2) is 77.0 Å². The molecular weight excluding hydrogens is 643 g/mol. The second kappa shape index (κ2) is 15.2. The zero-order valence-corrected chi connectivity index (χ0v) is 25.7. The van der Waals surface area contributed by atoms with E-state index in [2.05, 4.69) is 21.2 Å². The van der Waals surface area contributed by atoms with E-state index in [4.69, 9.17) is 18.9 Å². The highest BCUT2D eigenvalue weighted by molar-refractivity contribution is 5.95. The van der Waals surface area contributed by atoms with Gasteiger partial charge in [0.05, 0.1) is 42.0 Å². The molecule has 0 spiro atoms. The van der Waals surface area contributed by atoms with Crippen LogP contribution in [0.2, 0.25) is 0 Å². The quantitative estimate of drug-likeness (QED) is 0.0639. The van der Waals surface area contributed by atoms with Crippen LogP contribution in [0.1, 0.15) is 36.6 Å². The Kier molecular flexibility index (Phi) is 11.1. The molecule has 1 heterocycles. The van der Waals surface area contributed by atoms with Gasteiger partial charge in [0.2, 0.25) is 5.75 Å². The van der Waals surface area contributed by atoms with Gasteiger partial charge in [-0.1, -0.05) is 6.07 Å². The molecular formula is C31H30F3N5O9. The first-order valence-corrected chi connectivity index (χ1v) is 14.2. The molecule has 14 nitrogen and oxygen atoms in total. The predicted molar refractivity (Wildman–Crippen MR) is 164 cm³/mol. The molecule has 17 heteroatoms. The van der Waals surface area contributed by atoms with Gasteiger partial charge in [0.1, 0.15) is 12.4 Å². The fourth-order valence-corrected chi connectivity index (χ4v) is 4.49. The first kappa shape index (κ1) is 35.0. The Morgan fingerprint density at radius 1 is 1.10 bits per heavy atom. The van der Waals surface area contributed by atoms with Gasteiger partial charge in [0, 0.05) is 11.8 Å². The lowest BCUT2D eigenvalue weighted by Crippen LogP contribution is -2.45. The Balaban J connectivity index is 1.36. The number of benzene rings is 3. The van der Waals surface area contributed by atoms with Gasteiger partial charge < -0.3 is 34.7 Å². The summed E-state index contributed by atoms with van der Waals surface area (Å²) in [6.07, 6.45) is -4.66. The van der Waals surface area contributed by atoms with Gasteiger partial charge in [0.15, 0.2) is 17.7 Å². The molecule has 2 amide bonds. The summed E-state index contributed by atoms with van der Waals surface area (Å²) < 4.78 is 60.6. The van der Waals surface area contributed by atoms with Crippen molar-refractivity contribution >= 4 is 23.9 Å². The minimum atomic E-state index is -4.75. The van der Waals surface area contributed by atoms with Crippen LogP contribution in [0.25, 0.3) is 0 Å². The monoisotopic (exact) mass is 673 g/mol. The van der Waals surface area contributed by atoms with Gasteiger partial charge in [-0.15, -0.1) is 0 Å². The third-order valence-electron chi connectivity index (χ3n) is 6.70. The maximum Gasteiger partial charge on any atom is 0.416 e. The number of esters is 1. The highest BCUT2D eigenvalue weighted by Crippen LogP contribution is 2.38. The number of nitrogens with zero attached hydrogens (tertiary/aromatic N) is 2. The number of hydrogen-bond donors (Lipinski definition) is 4. The van der Waals surface area contributed by atoms with E-state index in [0.717, 1.165) is 6.07 Å². The van der Waals surface area contributed by atoms with E-state index in [1.54, 1.807) is 32.0 Å². The summed E-state index contributed by atoms with van der Waals surface area (Å²) in [6.45, 7) is 3.36. The van der Waals surface area contributed by atoms with Gasteiger partial charge in [0.25, 0.3) is 0 Å². The molecule has 0 bridgehead atoms. The number of carbonyl (C=O) groups is 2. The molecule has 0 unspecified atom stereocenters. The molecule has 3 aromatic carbocycles. The number of nitrogens with one attached hydrogen (secondary N) is 3. The zero-order chi connectivity index (χ0) is 35.0. The number of amides is 2. The normalized spacial score (nSPS) is 15.3. The minimum Gasteiger partial charge on any atom is -0.490 e. The Bertz CT molecular complexity index is 1730. The van der Waals surface area contributed by atoms with E-state index in [1.807, 2.05) is 0 Å². The third-order valence-corrected chi connectivity index (χ3v) is 6.70. The summed E-state index contributed by atoms with van der Waals surface area (Å²) in [6, 6.07) is 11.4. The molecule has 3 aromatic rings. The summed E-state index contributed by atoms with van der Waals surface area (Å²) in [5, 5.41) is 30.8. The number of nitro groups is 1. The number of alkyl halides is 3. The smallest absolute Gasteiger partial charge is 0.416 e. The summed E-state index contributed by atoms with van der Waals surface area (Å²) in [5.74, 6) is -0.286. The number of rotatable bonds is 13. The van der Waals surface area contributed by atoms with Crippen molar-refractivity contribution in [3.63, 3.8) is 0 Å². The number of hydrazone groups is 1. The Morgan fingerprint density at radius 3 is 2.46 bits per heavy atom. The lowest BCUT2D eigenvalue weighted by atomic mass is 9.95. The van der Waals surface area contributed by atoms with Crippen molar-refractivity contribution in [1.82, 2.24) is 16.1 Å². The molecule has 0 fully saturated rings. The first-order chi connectivity index (χ1) is 22.8. The van der Waals surface area contributed by atoms with Crippen LogP contribution < -0.4 is 30.3 Å². The van der Waals surface area contributed by atoms with E-state index >= 15 is 0 Å². The molecule has 254 valence electrons. The largest absolute Gasteiger partial charge is 0.490 e. The number of hydrogen-bond acceptors (Lipinski definition) is 11. The van der Waals surface area contributed by atoms with Crippen molar-refractivity contribution in [2.24, 2.45) is 5.10 Å². The molecule has 0 aliphatic carbocycles. The maximum atomic E-state index is 13.0. The molecule has 2 atom stereocenters. The SMILES string of the molecule is CCOc1cc([C@H]2NC(=O)NC(C)=C2C(=O)OC)ccc1OC[C@H](O)N/N=C\c1ccc(Oc2ccc(C(F)(F)F)cc2[N+](=O)[O-])cc1. The fourth-order valence-electron chi connectivity index (χ4n) is 4.49. The summed E-state index contributed by atoms with van der Waals surface area (Å²) >= 11 is 0. The van der Waals surface area contributed by atoms with Gasteiger partial charge in [-0.25, -0.2) is 9.59 Å². The van der Waals surface area contributed by atoms with Crippen LogP contribution >= 0.6 is 0 Å². The molecule has 0 saturated heterocycles. The molecule has 0 radical (unpaired) electrons. The zero-order valence-electron chi connectivity index (χ0n) is 25.7. The number of nitro benzene ring substituents is 1. The molecule has 1 aliphatic heterocycles. The molecule has 1 aliphatic rings. The molecule has 4 rings (SSSR count).